The summed E-state index contributed by atoms with van der Waals surface area (Å²) in [4.78, 5) is 39.4. The van der Waals surface area contributed by atoms with Gasteiger partial charge in [-0.05, 0) is 19.8 Å². The van der Waals surface area contributed by atoms with Gasteiger partial charge in [-0.3, -0.25) is 19.1 Å². The summed E-state index contributed by atoms with van der Waals surface area (Å²) < 4.78 is 6.03. The minimum atomic E-state index is -0.431. The second kappa shape index (κ2) is 5.94. The molecule has 7 heteroatoms. The molecule has 1 fully saturated rings. The average Bonchev–Trinajstić information content (AvgIpc) is 2.44. The molecule has 0 unspecified atom stereocenters. The first-order chi connectivity index (χ1) is 9.52. The first kappa shape index (κ1) is 14.4. The molecule has 1 aromatic rings. The van der Waals surface area contributed by atoms with Gasteiger partial charge in [-0.25, -0.2) is 4.79 Å². The van der Waals surface area contributed by atoms with Crippen LogP contribution in [0.4, 0.5) is 5.82 Å². The number of esters is 1. The summed E-state index contributed by atoms with van der Waals surface area (Å²) in [6.07, 6.45) is 1.33. The van der Waals surface area contributed by atoms with Crippen molar-refractivity contribution in [3.63, 3.8) is 0 Å². The molecule has 1 N–H and O–H groups in total. The van der Waals surface area contributed by atoms with E-state index in [1.54, 1.807) is 6.92 Å². The molecule has 0 atom stereocenters. The fraction of sp³-hybridized carbons (Fsp3) is 0.615. The average molecular weight is 281 g/mol. The third-order valence-electron chi connectivity index (χ3n) is 3.59. The Hall–Kier alpha value is -2.05. The van der Waals surface area contributed by atoms with Crippen LogP contribution in [0.15, 0.2) is 15.7 Å². The maximum atomic E-state index is 11.6. The normalized spacial score (nSPS) is 16.2. The minimum Gasteiger partial charge on any atom is -0.466 e. The van der Waals surface area contributed by atoms with E-state index in [4.69, 9.17) is 4.74 Å². The Morgan fingerprint density at radius 1 is 1.40 bits per heavy atom. The third kappa shape index (κ3) is 2.92. The summed E-state index contributed by atoms with van der Waals surface area (Å²) in [6.45, 7) is 3.41. The lowest BCUT2D eigenvalue weighted by Gasteiger charge is -2.31. The number of aromatic amines is 1. The largest absolute Gasteiger partial charge is 0.466 e. The molecule has 1 aromatic heterocycles. The number of aromatic nitrogens is 2. The third-order valence-corrected chi connectivity index (χ3v) is 3.59. The van der Waals surface area contributed by atoms with Crippen LogP contribution in [0, 0.1) is 5.92 Å². The topological polar surface area (TPSA) is 84.4 Å². The van der Waals surface area contributed by atoms with E-state index in [2.05, 4.69) is 4.98 Å². The Balaban J connectivity index is 2.06. The van der Waals surface area contributed by atoms with Crippen molar-refractivity contribution >= 4 is 11.8 Å². The number of piperidine rings is 1. The Morgan fingerprint density at radius 3 is 2.60 bits per heavy atom. The lowest BCUT2D eigenvalue weighted by atomic mass is 9.97. The van der Waals surface area contributed by atoms with Crippen molar-refractivity contribution < 1.29 is 9.53 Å². The highest BCUT2D eigenvalue weighted by molar-refractivity contribution is 5.72. The van der Waals surface area contributed by atoms with Crippen molar-refractivity contribution in [3.05, 3.63) is 26.9 Å². The minimum absolute atomic E-state index is 0.0931. The fourth-order valence-corrected chi connectivity index (χ4v) is 2.33. The smallest absolute Gasteiger partial charge is 0.329 e. The number of H-pyrrole nitrogens is 1. The first-order valence-electron chi connectivity index (χ1n) is 6.75. The number of carbonyl (C=O) groups excluding carboxylic acids is 1. The summed E-state index contributed by atoms with van der Waals surface area (Å²) in [7, 11) is 1.43. The summed E-state index contributed by atoms with van der Waals surface area (Å²) in [5, 5.41) is 0. The Bertz CT molecular complexity index is 565. The molecule has 2 rings (SSSR count). The Labute approximate surface area is 116 Å². The van der Waals surface area contributed by atoms with Gasteiger partial charge in [0.25, 0.3) is 5.56 Å². The summed E-state index contributed by atoms with van der Waals surface area (Å²) in [6, 6.07) is 1.41. The standard InChI is InChI=1S/C13H19N3O4/c1-3-20-12(18)9-4-6-16(7-5-9)10-8-11(17)15(2)13(19)14-10/h8-9H,3-7H2,1-2H3,(H,14,19). The van der Waals surface area contributed by atoms with E-state index in [9.17, 15) is 14.4 Å². The predicted molar refractivity (Wildman–Crippen MR) is 73.9 cm³/mol. The van der Waals surface area contributed by atoms with Gasteiger partial charge < -0.3 is 9.64 Å². The van der Waals surface area contributed by atoms with Gasteiger partial charge in [0, 0.05) is 26.2 Å². The zero-order valence-electron chi connectivity index (χ0n) is 11.7. The van der Waals surface area contributed by atoms with Crippen LogP contribution in [0.25, 0.3) is 0 Å². The molecule has 20 heavy (non-hydrogen) atoms. The summed E-state index contributed by atoms with van der Waals surface area (Å²) in [5.41, 5.74) is -0.767. The van der Waals surface area contributed by atoms with Crippen LogP contribution in [0.1, 0.15) is 19.8 Å². The zero-order chi connectivity index (χ0) is 14.7. The van der Waals surface area contributed by atoms with Gasteiger partial charge in [0.05, 0.1) is 12.5 Å². The first-order valence-corrected chi connectivity index (χ1v) is 6.75. The molecule has 110 valence electrons. The van der Waals surface area contributed by atoms with E-state index in [1.807, 2.05) is 4.90 Å². The van der Waals surface area contributed by atoms with Crippen LogP contribution in [0.3, 0.4) is 0 Å². The lowest BCUT2D eigenvalue weighted by Crippen LogP contribution is -2.40. The maximum Gasteiger partial charge on any atom is 0.329 e. The van der Waals surface area contributed by atoms with Gasteiger partial charge in [0.15, 0.2) is 0 Å². The highest BCUT2D eigenvalue weighted by atomic mass is 16.5. The van der Waals surface area contributed by atoms with E-state index < -0.39 is 5.69 Å². The second-order valence-electron chi connectivity index (χ2n) is 4.87. The van der Waals surface area contributed by atoms with Crippen molar-refractivity contribution in [1.82, 2.24) is 9.55 Å². The predicted octanol–water partition coefficient (Wildman–Crippen LogP) is -0.147. The number of rotatable bonds is 3. The van der Waals surface area contributed by atoms with E-state index in [0.717, 1.165) is 4.57 Å². The Kier molecular flexibility index (Phi) is 4.26. The van der Waals surface area contributed by atoms with Crippen molar-refractivity contribution in [1.29, 1.82) is 0 Å². The second-order valence-corrected chi connectivity index (χ2v) is 4.87. The van der Waals surface area contributed by atoms with E-state index in [0.29, 0.717) is 38.4 Å². The van der Waals surface area contributed by atoms with Gasteiger partial charge in [-0.2, -0.15) is 0 Å². The highest BCUT2D eigenvalue weighted by Gasteiger charge is 2.26. The molecule has 1 saturated heterocycles. The molecule has 0 radical (unpaired) electrons. The van der Waals surface area contributed by atoms with Crippen molar-refractivity contribution in [2.75, 3.05) is 24.6 Å². The number of ether oxygens (including phenoxy) is 1. The highest BCUT2D eigenvalue weighted by Crippen LogP contribution is 2.21. The quantitative estimate of drug-likeness (QED) is 0.779. The molecular formula is C13H19N3O4. The molecule has 1 aliphatic rings. The summed E-state index contributed by atoms with van der Waals surface area (Å²) in [5.74, 6) is 0.259. The molecule has 0 spiro atoms. The molecule has 0 saturated carbocycles. The number of nitrogens with one attached hydrogen (secondary N) is 1. The van der Waals surface area contributed by atoms with Crippen LogP contribution in [0.5, 0.6) is 0 Å². The van der Waals surface area contributed by atoms with Crippen molar-refractivity contribution in [2.45, 2.75) is 19.8 Å². The lowest BCUT2D eigenvalue weighted by molar-refractivity contribution is -0.148. The molecule has 0 bridgehead atoms. The number of carbonyl (C=O) groups is 1. The van der Waals surface area contributed by atoms with Gasteiger partial charge >= 0.3 is 11.7 Å². The van der Waals surface area contributed by atoms with Crippen molar-refractivity contribution in [2.24, 2.45) is 13.0 Å². The van der Waals surface area contributed by atoms with Crippen LogP contribution in [0.2, 0.25) is 0 Å². The van der Waals surface area contributed by atoms with Gasteiger partial charge in [0.1, 0.15) is 5.82 Å². The SMILES string of the molecule is CCOC(=O)C1CCN(c2cc(=O)n(C)c(=O)[nH]2)CC1. The molecule has 0 aliphatic carbocycles. The maximum absolute atomic E-state index is 11.6. The number of nitrogens with zero attached hydrogens (tertiary/aromatic N) is 2. The summed E-state index contributed by atoms with van der Waals surface area (Å²) >= 11 is 0. The van der Waals surface area contributed by atoms with Gasteiger partial charge in [0.2, 0.25) is 0 Å². The van der Waals surface area contributed by atoms with Gasteiger partial charge in [-0.1, -0.05) is 0 Å². The van der Waals surface area contributed by atoms with Crippen LogP contribution >= 0.6 is 0 Å². The Morgan fingerprint density at radius 2 is 2.05 bits per heavy atom. The number of anilines is 1. The van der Waals surface area contributed by atoms with Crippen LogP contribution in [-0.2, 0) is 16.6 Å². The van der Waals surface area contributed by atoms with Crippen LogP contribution in [-0.4, -0.2) is 35.2 Å². The van der Waals surface area contributed by atoms with Crippen LogP contribution < -0.4 is 16.1 Å². The van der Waals surface area contributed by atoms with Crippen molar-refractivity contribution in [3.8, 4) is 0 Å². The zero-order valence-corrected chi connectivity index (χ0v) is 11.7. The van der Waals surface area contributed by atoms with Gasteiger partial charge in [-0.15, -0.1) is 0 Å². The number of hydrogen-bond acceptors (Lipinski definition) is 5. The fourth-order valence-electron chi connectivity index (χ4n) is 2.33. The molecule has 7 nitrogen and oxygen atoms in total. The van der Waals surface area contributed by atoms with E-state index in [-0.39, 0.29) is 17.4 Å². The van der Waals surface area contributed by atoms with E-state index >= 15 is 0 Å². The number of hydrogen-bond donors (Lipinski definition) is 1. The molecule has 0 aromatic carbocycles. The molecule has 2 heterocycles. The molecule has 1 aliphatic heterocycles. The molecule has 0 amide bonds. The monoisotopic (exact) mass is 281 g/mol. The van der Waals surface area contributed by atoms with E-state index in [1.165, 1.54) is 13.1 Å². The molecular weight excluding hydrogens is 262 g/mol.